The predicted octanol–water partition coefficient (Wildman–Crippen LogP) is 1.50. The Bertz CT molecular complexity index is 544. The number of esters is 1. The maximum atomic E-state index is 12.0. The molecule has 1 rings (SSSR count). The largest absolute Gasteiger partial charge is 0.480 e. The molecule has 7 heteroatoms. The first kappa shape index (κ1) is 16.2. The molecule has 6 nitrogen and oxygen atoms in total. The van der Waals surface area contributed by atoms with Crippen molar-refractivity contribution in [3.63, 3.8) is 0 Å². The highest BCUT2D eigenvalue weighted by Crippen LogP contribution is 2.21. The lowest BCUT2D eigenvalue weighted by Gasteiger charge is -2.14. The van der Waals surface area contributed by atoms with Crippen molar-refractivity contribution in [1.82, 2.24) is 5.32 Å². The molecule has 0 aliphatic heterocycles. The molecular formula is C13H14BrNO5. The molecule has 0 unspecified atom stereocenters. The van der Waals surface area contributed by atoms with Crippen LogP contribution in [0.3, 0.4) is 0 Å². The van der Waals surface area contributed by atoms with Crippen molar-refractivity contribution in [1.29, 1.82) is 0 Å². The number of carbonyl (C=O) groups is 3. The number of carbonyl (C=O) groups excluding carboxylic acids is 2. The van der Waals surface area contributed by atoms with Gasteiger partial charge in [0.05, 0.1) is 19.1 Å². The summed E-state index contributed by atoms with van der Waals surface area (Å²) in [5.74, 6) is -2.58. The first-order valence-corrected chi connectivity index (χ1v) is 6.51. The van der Waals surface area contributed by atoms with Crippen molar-refractivity contribution in [3.05, 3.63) is 33.8 Å². The Labute approximate surface area is 124 Å². The quantitative estimate of drug-likeness (QED) is 0.790. The van der Waals surface area contributed by atoms with Crippen LogP contribution in [0.5, 0.6) is 0 Å². The third-order valence-electron chi connectivity index (χ3n) is 2.64. The van der Waals surface area contributed by atoms with E-state index in [0.717, 1.165) is 12.7 Å². The fourth-order valence-electron chi connectivity index (χ4n) is 1.51. The average Bonchev–Trinajstić information content (AvgIpc) is 2.40. The number of carboxylic acid groups (broad SMARTS) is 1. The summed E-state index contributed by atoms with van der Waals surface area (Å²) in [6.45, 7) is 1.81. The van der Waals surface area contributed by atoms with Gasteiger partial charge in [0.2, 0.25) is 0 Å². The summed E-state index contributed by atoms with van der Waals surface area (Å²) in [5, 5.41) is 11.3. The van der Waals surface area contributed by atoms with Gasteiger partial charge in [0.15, 0.2) is 0 Å². The highest BCUT2D eigenvalue weighted by molar-refractivity contribution is 9.10. The summed E-state index contributed by atoms with van der Waals surface area (Å²) in [6, 6.07) is 3.72. The molecule has 0 saturated heterocycles. The van der Waals surface area contributed by atoms with Crippen molar-refractivity contribution < 1.29 is 24.2 Å². The number of rotatable bonds is 5. The number of nitrogens with one attached hydrogen (secondary N) is 1. The predicted molar refractivity (Wildman–Crippen MR) is 74.4 cm³/mol. The van der Waals surface area contributed by atoms with E-state index in [2.05, 4.69) is 26.0 Å². The number of aliphatic carboxylic acids is 1. The molecule has 108 valence electrons. The molecule has 20 heavy (non-hydrogen) atoms. The van der Waals surface area contributed by atoms with E-state index in [9.17, 15) is 14.4 Å². The second kappa shape index (κ2) is 7.04. The lowest BCUT2D eigenvalue weighted by molar-refractivity contribution is -0.147. The van der Waals surface area contributed by atoms with Crippen LogP contribution < -0.4 is 5.32 Å². The summed E-state index contributed by atoms with van der Waals surface area (Å²) in [5.41, 5.74) is 1.15. The van der Waals surface area contributed by atoms with Gasteiger partial charge in [0.25, 0.3) is 5.91 Å². The number of hydrogen-bond donors (Lipinski definition) is 2. The highest BCUT2D eigenvalue weighted by Gasteiger charge is 2.25. The van der Waals surface area contributed by atoms with Crippen LogP contribution >= 0.6 is 15.9 Å². The van der Waals surface area contributed by atoms with E-state index in [1.165, 1.54) is 0 Å². The first-order chi connectivity index (χ1) is 9.36. The summed E-state index contributed by atoms with van der Waals surface area (Å²) in [7, 11) is 1.15. The van der Waals surface area contributed by atoms with Crippen LogP contribution in [0, 0.1) is 6.92 Å². The van der Waals surface area contributed by atoms with Crippen LogP contribution in [0.4, 0.5) is 0 Å². The number of carboxylic acids is 1. The number of aryl methyl sites for hydroxylation is 1. The lowest BCUT2D eigenvalue weighted by Crippen LogP contribution is -2.42. The number of amides is 1. The van der Waals surface area contributed by atoms with Crippen LogP contribution in [0.2, 0.25) is 0 Å². The van der Waals surface area contributed by atoms with Crippen LogP contribution in [0.1, 0.15) is 22.3 Å². The SMILES string of the molecule is COC(=O)C[C@H](NC(=O)c1cccc(C)c1Br)C(=O)O. The number of methoxy groups -OCH3 is 1. The van der Waals surface area contributed by atoms with Gasteiger partial charge in [-0.3, -0.25) is 9.59 Å². The Kier molecular flexibility index (Phi) is 5.69. The minimum atomic E-state index is -1.33. The number of hydrogen-bond acceptors (Lipinski definition) is 4. The van der Waals surface area contributed by atoms with Gasteiger partial charge in [-0.1, -0.05) is 12.1 Å². The molecule has 1 aromatic rings. The summed E-state index contributed by atoms with van der Waals surface area (Å²) in [6.07, 6.45) is -0.430. The number of halogens is 1. The molecule has 1 amide bonds. The van der Waals surface area contributed by atoms with Gasteiger partial charge in [-0.2, -0.15) is 0 Å². The van der Waals surface area contributed by atoms with Gasteiger partial charge < -0.3 is 15.2 Å². The molecule has 0 fully saturated rings. The third-order valence-corrected chi connectivity index (χ3v) is 3.69. The Morgan fingerprint density at radius 3 is 2.60 bits per heavy atom. The van der Waals surface area contributed by atoms with Crippen LogP contribution in [-0.4, -0.2) is 36.1 Å². The van der Waals surface area contributed by atoms with E-state index >= 15 is 0 Å². The molecule has 0 aliphatic rings. The third kappa shape index (κ3) is 4.06. The van der Waals surface area contributed by atoms with E-state index in [1.54, 1.807) is 12.1 Å². The Balaban J connectivity index is 2.88. The van der Waals surface area contributed by atoms with E-state index in [4.69, 9.17) is 5.11 Å². The molecule has 1 aromatic carbocycles. The Morgan fingerprint density at radius 1 is 1.40 bits per heavy atom. The van der Waals surface area contributed by atoms with Gasteiger partial charge in [-0.05, 0) is 34.5 Å². The number of benzene rings is 1. The minimum absolute atomic E-state index is 0.307. The molecule has 0 aliphatic carbocycles. The second-order valence-electron chi connectivity index (χ2n) is 4.08. The van der Waals surface area contributed by atoms with E-state index in [-0.39, 0.29) is 0 Å². The maximum absolute atomic E-state index is 12.0. The topological polar surface area (TPSA) is 92.7 Å². The molecule has 0 radical (unpaired) electrons. The summed E-state index contributed by atoms with van der Waals surface area (Å²) in [4.78, 5) is 34.2. The molecule has 0 spiro atoms. The molecule has 0 heterocycles. The minimum Gasteiger partial charge on any atom is -0.480 e. The number of ether oxygens (including phenoxy) is 1. The lowest BCUT2D eigenvalue weighted by atomic mass is 10.1. The van der Waals surface area contributed by atoms with Crippen molar-refractivity contribution in [2.45, 2.75) is 19.4 Å². The molecule has 2 N–H and O–H groups in total. The van der Waals surface area contributed by atoms with Crippen molar-refractivity contribution in [3.8, 4) is 0 Å². The Hall–Kier alpha value is -1.89. The first-order valence-electron chi connectivity index (χ1n) is 5.72. The van der Waals surface area contributed by atoms with Crippen molar-refractivity contribution in [2.75, 3.05) is 7.11 Å². The van der Waals surface area contributed by atoms with Crippen LogP contribution in [-0.2, 0) is 14.3 Å². The Morgan fingerprint density at radius 2 is 2.05 bits per heavy atom. The van der Waals surface area contributed by atoms with E-state index in [1.807, 2.05) is 13.0 Å². The van der Waals surface area contributed by atoms with E-state index in [0.29, 0.717) is 10.0 Å². The highest BCUT2D eigenvalue weighted by atomic mass is 79.9. The fraction of sp³-hybridized carbons (Fsp3) is 0.308. The van der Waals surface area contributed by atoms with Crippen molar-refractivity contribution >= 4 is 33.8 Å². The van der Waals surface area contributed by atoms with Gasteiger partial charge in [-0.25, -0.2) is 4.79 Å². The van der Waals surface area contributed by atoms with Crippen LogP contribution in [0.15, 0.2) is 22.7 Å². The summed E-state index contributed by atoms with van der Waals surface area (Å²) >= 11 is 3.27. The zero-order chi connectivity index (χ0) is 15.3. The summed E-state index contributed by atoms with van der Waals surface area (Å²) < 4.78 is 4.98. The van der Waals surface area contributed by atoms with Gasteiger partial charge in [-0.15, -0.1) is 0 Å². The maximum Gasteiger partial charge on any atom is 0.326 e. The normalized spacial score (nSPS) is 11.6. The zero-order valence-corrected chi connectivity index (χ0v) is 12.6. The fourth-order valence-corrected chi connectivity index (χ4v) is 1.95. The van der Waals surface area contributed by atoms with Crippen LogP contribution in [0.25, 0.3) is 0 Å². The molecule has 1 atom stereocenters. The molecular weight excluding hydrogens is 330 g/mol. The van der Waals surface area contributed by atoms with E-state index < -0.39 is 30.3 Å². The van der Waals surface area contributed by atoms with Gasteiger partial charge in [0.1, 0.15) is 6.04 Å². The van der Waals surface area contributed by atoms with Crippen molar-refractivity contribution in [2.24, 2.45) is 0 Å². The zero-order valence-electron chi connectivity index (χ0n) is 11.0. The molecule has 0 bridgehead atoms. The average molecular weight is 344 g/mol. The standard InChI is InChI=1S/C13H14BrNO5/c1-7-4-3-5-8(11(7)14)12(17)15-9(13(18)19)6-10(16)20-2/h3-5,9H,6H2,1-2H3,(H,15,17)(H,18,19)/t9-/m0/s1. The van der Waals surface area contributed by atoms with Gasteiger partial charge >= 0.3 is 11.9 Å². The smallest absolute Gasteiger partial charge is 0.326 e. The molecule has 0 aromatic heterocycles. The monoisotopic (exact) mass is 343 g/mol. The molecule has 0 saturated carbocycles. The van der Waals surface area contributed by atoms with Gasteiger partial charge in [0, 0.05) is 4.47 Å². The second-order valence-corrected chi connectivity index (χ2v) is 4.87.